The van der Waals surface area contributed by atoms with E-state index in [1.165, 1.54) is 29.6 Å². The molecule has 0 bridgehead atoms. The van der Waals surface area contributed by atoms with Crippen molar-refractivity contribution in [1.82, 2.24) is 9.62 Å². The third kappa shape index (κ3) is 5.84. The first-order valence-corrected chi connectivity index (χ1v) is 14.5. The maximum Gasteiger partial charge on any atom is 0.343 e. The van der Waals surface area contributed by atoms with Crippen LogP contribution in [0.15, 0.2) is 63.6 Å². The van der Waals surface area contributed by atoms with E-state index in [4.69, 9.17) is 9.47 Å². The Morgan fingerprint density at radius 1 is 1.15 bits per heavy atom. The number of anilines is 1. The van der Waals surface area contributed by atoms with Gasteiger partial charge in [0.1, 0.15) is 22.1 Å². The van der Waals surface area contributed by atoms with Crippen LogP contribution in [0.25, 0.3) is 0 Å². The van der Waals surface area contributed by atoms with Crippen LogP contribution in [0.1, 0.15) is 56.8 Å². The number of fused-ring (bicyclic) bond motifs is 1. The van der Waals surface area contributed by atoms with Gasteiger partial charge in [-0.05, 0) is 63.4 Å². The van der Waals surface area contributed by atoms with Crippen molar-refractivity contribution >= 4 is 39.1 Å². The quantitative estimate of drug-likeness (QED) is 0.487. The number of carbonyl (C=O) groups is 2. The van der Waals surface area contributed by atoms with E-state index in [1.807, 2.05) is 26.0 Å². The average molecular weight is 555 g/mol. The molecule has 11 heteroatoms. The van der Waals surface area contributed by atoms with Crippen molar-refractivity contribution in [2.24, 2.45) is 4.99 Å². The van der Waals surface area contributed by atoms with Gasteiger partial charge in [0.15, 0.2) is 0 Å². The Balaban J connectivity index is 1.75. The van der Waals surface area contributed by atoms with Crippen LogP contribution in [0.4, 0.5) is 11.4 Å². The van der Waals surface area contributed by atoms with Crippen LogP contribution < -0.4 is 15.4 Å². The molecule has 0 spiro atoms. The number of amides is 1. The van der Waals surface area contributed by atoms with Crippen LogP contribution in [-0.4, -0.2) is 56.7 Å². The lowest BCUT2D eigenvalue weighted by Gasteiger charge is -2.32. The van der Waals surface area contributed by atoms with Crippen LogP contribution in [0.5, 0.6) is 5.75 Å². The molecule has 10 nitrogen and oxygen atoms in total. The molecule has 0 radical (unpaired) electrons. The predicted molar refractivity (Wildman–Crippen MR) is 149 cm³/mol. The number of piperidine rings is 1. The number of nitrogens with zero attached hydrogens (tertiary/aromatic N) is 2. The Labute approximate surface area is 229 Å². The Bertz CT molecular complexity index is 1430. The number of para-hydroxylation sites is 2. The summed E-state index contributed by atoms with van der Waals surface area (Å²) in [6.45, 7) is 5.99. The summed E-state index contributed by atoms with van der Waals surface area (Å²) in [6.07, 6.45) is 2.93. The Morgan fingerprint density at radius 2 is 1.92 bits per heavy atom. The van der Waals surface area contributed by atoms with Crippen LogP contribution in [0.2, 0.25) is 0 Å². The number of rotatable bonds is 7. The number of amidine groups is 1. The smallest absolute Gasteiger partial charge is 0.343 e. The van der Waals surface area contributed by atoms with Crippen molar-refractivity contribution in [3.05, 3.63) is 59.3 Å². The van der Waals surface area contributed by atoms with Crippen molar-refractivity contribution in [2.45, 2.75) is 57.4 Å². The van der Waals surface area contributed by atoms with Gasteiger partial charge in [-0.1, -0.05) is 25.5 Å². The maximum atomic E-state index is 13.6. The molecule has 0 aliphatic carbocycles. The fraction of sp³-hybridized carbons (Fsp3) is 0.393. The molecule has 4 rings (SSSR count). The number of hydrogen-bond donors (Lipinski definition) is 2. The van der Waals surface area contributed by atoms with Crippen LogP contribution >= 0.6 is 0 Å². The first kappa shape index (κ1) is 28.3. The van der Waals surface area contributed by atoms with Gasteiger partial charge < -0.3 is 20.1 Å². The highest BCUT2D eigenvalue weighted by Gasteiger charge is 2.34. The van der Waals surface area contributed by atoms with E-state index in [-0.39, 0.29) is 40.3 Å². The Kier molecular flexibility index (Phi) is 8.71. The maximum absolute atomic E-state index is 13.6. The van der Waals surface area contributed by atoms with Gasteiger partial charge in [-0.3, -0.25) is 4.79 Å². The highest BCUT2D eigenvalue weighted by molar-refractivity contribution is 7.89. The third-order valence-electron chi connectivity index (χ3n) is 6.78. The Hall–Kier alpha value is -3.70. The summed E-state index contributed by atoms with van der Waals surface area (Å²) in [4.78, 5) is 31.1. The van der Waals surface area contributed by atoms with Gasteiger partial charge >= 0.3 is 5.97 Å². The number of carbonyl (C=O) groups excluding carboxylic acids is 2. The minimum Gasteiger partial charge on any atom is -0.495 e. The zero-order valence-corrected chi connectivity index (χ0v) is 23.4. The molecule has 0 saturated carbocycles. The van der Waals surface area contributed by atoms with Crippen LogP contribution in [0, 0.1) is 0 Å². The summed E-state index contributed by atoms with van der Waals surface area (Å²) in [6, 6.07) is 11.3. The monoisotopic (exact) mass is 554 g/mol. The molecule has 2 N–H and O–H groups in total. The summed E-state index contributed by atoms with van der Waals surface area (Å²) in [5.41, 5.74) is 1.92. The average Bonchev–Trinajstić information content (AvgIpc) is 3.09. The van der Waals surface area contributed by atoms with Gasteiger partial charge in [0.2, 0.25) is 10.0 Å². The van der Waals surface area contributed by atoms with Crippen molar-refractivity contribution in [3.63, 3.8) is 0 Å². The first-order valence-electron chi connectivity index (χ1n) is 13.1. The lowest BCUT2D eigenvalue weighted by atomic mass is 10.1. The fourth-order valence-corrected chi connectivity index (χ4v) is 6.64. The minimum absolute atomic E-state index is 0.0117. The number of nitrogens with one attached hydrogen (secondary N) is 2. The van der Waals surface area contributed by atoms with E-state index in [0.29, 0.717) is 30.0 Å². The minimum atomic E-state index is -3.93. The molecule has 2 aliphatic rings. The number of aliphatic imine (C=N–C) groups is 1. The van der Waals surface area contributed by atoms with Crippen LogP contribution in [-0.2, 0) is 19.6 Å². The molecular formula is C28H34N4O6S. The molecule has 1 fully saturated rings. The number of sulfonamides is 1. The number of hydrogen-bond acceptors (Lipinski definition) is 8. The summed E-state index contributed by atoms with van der Waals surface area (Å²) >= 11 is 0. The van der Waals surface area contributed by atoms with Crippen molar-refractivity contribution in [1.29, 1.82) is 0 Å². The summed E-state index contributed by atoms with van der Waals surface area (Å²) < 4.78 is 39.4. The van der Waals surface area contributed by atoms with Gasteiger partial charge in [0.05, 0.1) is 25.1 Å². The molecule has 2 heterocycles. The van der Waals surface area contributed by atoms with Crippen molar-refractivity contribution in [2.75, 3.05) is 25.6 Å². The number of methoxy groups -OCH3 is 1. The van der Waals surface area contributed by atoms with Crippen LogP contribution in [0.3, 0.4) is 0 Å². The molecule has 2 aromatic carbocycles. The zero-order chi connectivity index (χ0) is 28.2. The third-order valence-corrected chi connectivity index (χ3v) is 8.81. The normalized spacial score (nSPS) is 17.8. The van der Waals surface area contributed by atoms with Crippen molar-refractivity contribution in [3.8, 4) is 5.75 Å². The second-order valence-electron chi connectivity index (χ2n) is 9.31. The van der Waals surface area contributed by atoms with Gasteiger partial charge in [0.25, 0.3) is 5.91 Å². The molecule has 1 saturated heterocycles. The topological polar surface area (TPSA) is 126 Å². The van der Waals surface area contributed by atoms with Gasteiger partial charge in [0, 0.05) is 23.8 Å². The largest absolute Gasteiger partial charge is 0.495 e. The molecule has 1 atom stereocenters. The molecule has 2 aromatic rings. The predicted octanol–water partition coefficient (Wildman–Crippen LogP) is 4.37. The lowest BCUT2D eigenvalue weighted by molar-refractivity contribution is -0.137. The summed E-state index contributed by atoms with van der Waals surface area (Å²) in [5.74, 6) is -1.10. The van der Waals surface area contributed by atoms with Gasteiger partial charge in [-0.2, -0.15) is 4.31 Å². The second-order valence-corrected chi connectivity index (χ2v) is 11.2. The van der Waals surface area contributed by atoms with E-state index in [2.05, 4.69) is 15.6 Å². The number of ether oxygens (including phenoxy) is 2. The number of allylic oxidation sites excluding steroid dienone is 1. The molecular weight excluding hydrogens is 520 g/mol. The molecule has 1 amide bonds. The molecule has 208 valence electrons. The van der Waals surface area contributed by atoms with E-state index >= 15 is 0 Å². The lowest BCUT2D eigenvalue weighted by Crippen LogP contribution is -2.42. The molecule has 0 unspecified atom stereocenters. The van der Waals surface area contributed by atoms with E-state index in [9.17, 15) is 18.0 Å². The van der Waals surface area contributed by atoms with E-state index in [0.717, 1.165) is 19.3 Å². The highest BCUT2D eigenvalue weighted by Crippen LogP contribution is 2.33. The van der Waals surface area contributed by atoms with Crippen molar-refractivity contribution < 1.29 is 27.5 Å². The molecule has 39 heavy (non-hydrogen) atoms. The SMILES string of the molecule is CCOC(=O)C1=C(CC)Nc2ccccc2N=C1NC(=O)c1ccc(OC)c(S(=O)(=O)N2CCCC[C@H]2C)c1. The zero-order valence-electron chi connectivity index (χ0n) is 22.6. The highest BCUT2D eigenvalue weighted by atomic mass is 32.2. The molecule has 2 aliphatic heterocycles. The summed E-state index contributed by atoms with van der Waals surface area (Å²) in [7, 11) is -2.54. The standard InChI is InChI=1S/C28H34N4O6S/c1-5-20-25(28(34)38-6-2)26(30-22-13-8-7-12-21(22)29-20)31-27(33)19-14-15-23(37-4)24(17-19)39(35,36)32-16-10-9-11-18(32)3/h7-8,12-15,17-18,29H,5-6,9-11,16H2,1-4H3,(H,30,31,33)/t18-/m1/s1. The summed E-state index contributed by atoms with van der Waals surface area (Å²) in [5, 5.41) is 5.97. The second kappa shape index (κ2) is 12.0. The number of esters is 1. The van der Waals surface area contributed by atoms with Gasteiger partial charge in [-0.25, -0.2) is 18.2 Å². The van der Waals surface area contributed by atoms with E-state index < -0.39 is 21.9 Å². The molecule has 0 aromatic heterocycles. The first-order chi connectivity index (χ1) is 18.7. The fourth-order valence-electron chi connectivity index (χ4n) is 4.75. The Morgan fingerprint density at radius 3 is 2.62 bits per heavy atom. The van der Waals surface area contributed by atoms with Gasteiger partial charge in [-0.15, -0.1) is 0 Å². The number of benzene rings is 2. The van der Waals surface area contributed by atoms with E-state index in [1.54, 1.807) is 19.1 Å².